The summed E-state index contributed by atoms with van der Waals surface area (Å²) >= 11 is 0. The van der Waals surface area contributed by atoms with E-state index in [1.807, 2.05) is 23.8 Å². The predicted molar refractivity (Wildman–Crippen MR) is 55.5 cm³/mol. The van der Waals surface area contributed by atoms with E-state index in [4.69, 9.17) is 5.26 Å². The Morgan fingerprint density at radius 1 is 1.47 bits per heavy atom. The van der Waals surface area contributed by atoms with Gasteiger partial charge in [-0.2, -0.15) is 5.26 Å². The van der Waals surface area contributed by atoms with E-state index in [1.165, 1.54) is 0 Å². The highest BCUT2D eigenvalue weighted by Gasteiger charge is 2.02. The second-order valence-electron chi connectivity index (χ2n) is 3.14. The van der Waals surface area contributed by atoms with Gasteiger partial charge in [-0.3, -0.25) is 0 Å². The topological polar surface area (TPSA) is 54.5 Å². The minimum atomic E-state index is 0.443. The second-order valence-corrected chi connectivity index (χ2v) is 3.14. The van der Waals surface area contributed by atoms with E-state index >= 15 is 0 Å². The minimum Gasteiger partial charge on any atom is -0.306 e. The van der Waals surface area contributed by atoms with Gasteiger partial charge in [0.15, 0.2) is 0 Å². The molecule has 4 nitrogen and oxygen atoms in total. The summed E-state index contributed by atoms with van der Waals surface area (Å²) in [7, 11) is 0. The van der Waals surface area contributed by atoms with E-state index < -0.39 is 0 Å². The van der Waals surface area contributed by atoms with Gasteiger partial charge in [-0.15, -0.1) is 0 Å². The summed E-state index contributed by atoms with van der Waals surface area (Å²) in [6.07, 6.45) is 6.07. The molecular weight excluding hydrogens is 188 g/mol. The van der Waals surface area contributed by atoms with Crippen molar-refractivity contribution in [2.75, 3.05) is 0 Å². The van der Waals surface area contributed by atoms with Crippen molar-refractivity contribution in [3.63, 3.8) is 0 Å². The molecule has 0 saturated heterocycles. The van der Waals surface area contributed by atoms with Gasteiger partial charge in [-0.05, 0) is 18.6 Å². The number of imidazole rings is 1. The second kappa shape index (κ2) is 3.93. The van der Waals surface area contributed by atoms with Crippen LogP contribution in [0.1, 0.15) is 18.3 Å². The SMILES string of the molecule is CCc1cc(-n2ccnc2)cc(C#N)n1. The summed E-state index contributed by atoms with van der Waals surface area (Å²) in [5, 5.41) is 8.84. The number of pyridine rings is 1. The zero-order valence-corrected chi connectivity index (χ0v) is 8.38. The van der Waals surface area contributed by atoms with E-state index in [0.717, 1.165) is 17.8 Å². The van der Waals surface area contributed by atoms with Crippen LogP contribution in [0.4, 0.5) is 0 Å². The number of nitriles is 1. The fraction of sp³-hybridized carbons (Fsp3) is 0.182. The van der Waals surface area contributed by atoms with Gasteiger partial charge in [0, 0.05) is 18.1 Å². The van der Waals surface area contributed by atoms with Crippen molar-refractivity contribution in [3.8, 4) is 11.8 Å². The monoisotopic (exact) mass is 198 g/mol. The van der Waals surface area contributed by atoms with E-state index in [-0.39, 0.29) is 0 Å². The maximum absolute atomic E-state index is 8.84. The van der Waals surface area contributed by atoms with Crippen molar-refractivity contribution in [1.29, 1.82) is 5.26 Å². The molecule has 4 heteroatoms. The van der Waals surface area contributed by atoms with Crippen molar-refractivity contribution in [1.82, 2.24) is 14.5 Å². The van der Waals surface area contributed by atoms with Gasteiger partial charge in [0.1, 0.15) is 11.8 Å². The molecule has 0 spiro atoms. The molecule has 0 atom stereocenters. The molecule has 2 rings (SSSR count). The van der Waals surface area contributed by atoms with Gasteiger partial charge >= 0.3 is 0 Å². The lowest BCUT2D eigenvalue weighted by atomic mass is 10.2. The van der Waals surface area contributed by atoms with Crippen molar-refractivity contribution in [2.45, 2.75) is 13.3 Å². The van der Waals surface area contributed by atoms with Crippen molar-refractivity contribution >= 4 is 0 Å². The van der Waals surface area contributed by atoms with Crippen molar-refractivity contribution in [3.05, 3.63) is 42.2 Å². The first kappa shape index (κ1) is 9.41. The average Bonchev–Trinajstić information content (AvgIpc) is 2.81. The minimum absolute atomic E-state index is 0.443. The highest BCUT2D eigenvalue weighted by molar-refractivity contribution is 5.39. The van der Waals surface area contributed by atoms with E-state index in [0.29, 0.717) is 5.69 Å². The number of hydrogen-bond acceptors (Lipinski definition) is 3. The molecule has 0 aliphatic carbocycles. The molecule has 74 valence electrons. The zero-order chi connectivity index (χ0) is 10.7. The highest BCUT2D eigenvalue weighted by Crippen LogP contribution is 2.11. The van der Waals surface area contributed by atoms with Gasteiger partial charge in [0.2, 0.25) is 0 Å². The Hall–Kier alpha value is -2.15. The summed E-state index contributed by atoms with van der Waals surface area (Å²) in [5.74, 6) is 0. The molecular formula is C11H10N4. The third-order valence-corrected chi connectivity index (χ3v) is 2.14. The smallest absolute Gasteiger partial charge is 0.142 e. The first-order chi connectivity index (χ1) is 7.33. The van der Waals surface area contributed by atoms with Gasteiger partial charge in [-0.25, -0.2) is 9.97 Å². The van der Waals surface area contributed by atoms with Crippen LogP contribution in [0.3, 0.4) is 0 Å². The fourth-order valence-corrected chi connectivity index (χ4v) is 1.37. The van der Waals surface area contributed by atoms with Gasteiger partial charge in [0.05, 0.1) is 12.0 Å². The Labute approximate surface area is 87.8 Å². The molecule has 0 aromatic carbocycles. The third-order valence-electron chi connectivity index (χ3n) is 2.14. The summed E-state index contributed by atoms with van der Waals surface area (Å²) in [6.45, 7) is 2.02. The van der Waals surface area contributed by atoms with Crippen LogP contribution in [-0.4, -0.2) is 14.5 Å². The lowest BCUT2D eigenvalue weighted by Gasteiger charge is -2.04. The number of rotatable bonds is 2. The van der Waals surface area contributed by atoms with E-state index in [1.54, 1.807) is 18.6 Å². The largest absolute Gasteiger partial charge is 0.306 e. The predicted octanol–water partition coefficient (Wildman–Crippen LogP) is 1.70. The molecule has 15 heavy (non-hydrogen) atoms. The van der Waals surface area contributed by atoms with Crippen LogP contribution < -0.4 is 0 Å². The normalized spacial score (nSPS) is 9.87. The van der Waals surface area contributed by atoms with Crippen LogP contribution in [0.25, 0.3) is 5.69 Å². The Kier molecular flexibility index (Phi) is 2.46. The molecule has 0 bridgehead atoms. The first-order valence-corrected chi connectivity index (χ1v) is 4.73. The number of aromatic nitrogens is 3. The molecule has 0 N–H and O–H groups in total. The maximum atomic E-state index is 8.84. The van der Waals surface area contributed by atoms with Gasteiger partial charge < -0.3 is 4.57 Å². The quantitative estimate of drug-likeness (QED) is 0.738. The Morgan fingerprint density at radius 2 is 2.33 bits per heavy atom. The number of hydrogen-bond donors (Lipinski definition) is 0. The first-order valence-electron chi connectivity index (χ1n) is 4.73. The molecule has 0 fully saturated rings. The number of nitrogens with zero attached hydrogens (tertiary/aromatic N) is 4. The summed E-state index contributed by atoms with van der Waals surface area (Å²) in [5.41, 5.74) is 2.28. The molecule has 0 aliphatic heterocycles. The average molecular weight is 198 g/mol. The van der Waals surface area contributed by atoms with Crippen LogP contribution in [0.2, 0.25) is 0 Å². The van der Waals surface area contributed by atoms with Crippen LogP contribution in [0.5, 0.6) is 0 Å². The third kappa shape index (κ3) is 1.86. The summed E-state index contributed by atoms with van der Waals surface area (Å²) in [4.78, 5) is 8.15. The standard InChI is InChI=1S/C11H10N4/c1-2-9-5-11(6-10(7-12)14-9)15-4-3-13-8-15/h3-6,8H,2H2,1H3. The van der Waals surface area contributed by atoms with E-state index in [2.05, 4.69) is 16.0 Å². The molecule has 2 heterocycles. The highest BCUT2D eigenvalue weighted by atomic mass is 15.0. The Morgan fingerprint density at radius 3 is 2.93 bits per heavy atom. The summed E-state index contributed by atoms with van der Waals surface area (Å²) < 4.78 is 1.86. The molecule has 0 amide bonds. The molecule has 0 aliphatic rings. The molecule has 0 unspecified atom stereocenters. The summed E-state index contributed by atoms with van der Waals surface area (Å²) in [6, 6.07) is 5.77. The van der Waals surface area contributed by atoms with Crippen LogP contribution in [0, 0.1) is 11.3 Å². The van der Waals surface area contributed by atoms with Crippen LogP contribution in [-0.2, 0) is 6.42 Å². The van der Waals surface area contributed by atoms with Crippen molar-refractivity contribution in [2.24, 2.45) is 0 Å². The lowest BCUT2D eigenvalue weighted by molar-refractivity contribution is 0.983. The molecule has 2 aromatic rings. The molecule has 0 radical (unpaired) electrons. The molecule has 0 saturated carbocycles. The van der Waals surface area contributed by atoms with E-state index in [9.17, 15) is 0 Å². The maximum Gasteiger partial charge on any atom is 0.142 e. The van der Waals surface area contributed by atoms with Gasteiger partial charge in [0.25, 0.3) is 0 Å². The van der Waals surface area contributed by atoms with Crippen LogP contribution in [0.15, 0.2) is 30.9 Å². The van der Waals surface area contributed by atoms with Crippen LogP contribution >= 0.6 is 0 Å². The zero-order valence-electron chi connectivity index (χ0n) is 8.38. The Bertz CT molecular complexity index is 494. The van der Waals surface area contributed by atoms with Gasteiger partial charge in [-0.1, -0.05) is 6.92 Å². The Balaban J connectivity index is 2.53. The number of aryl methyl sites for hydroxylation is 1. The fourth-order valence-electron chi connectivity index (χ4n) is 1.37. The molecule has 2 aromatic heterocycles. The lowest BCUT2D eigenvalue weighted by Crippen LogP contribution is -1.97. The van der Waals surface area contributed by atoms with Crippen molar-refractivity contribution < 1.29 is 0 Å².